The molecular weight excluding hydrogens is 699 g/mol. The summed E-state index contributed by atoms with van der Waals surface area (Å²) in [5, 5.41) is 0. The van der Waals surface area contributed by atoms with Gasteiger partial charge in [-0.15, -0.1) is 0 Å². The van der Waals surface area contributed by atoms with Gasteiger partial charge in [0.25, 0.3) is 0 Å². The quantitative estimate of drug-likeness (QED) is 0.0456. The summed E-state index contributed by atoms with van der Waals surface area (Å²) in [6.07, 6.45) is 74.2. The van der Waals surface area contributed by atoms with E-state index >= 15 is 0 Å². The molecule has 0 amide bonds. The second kappa shape index (κ2) is 47.2. The lowest BCUT2D eigenvalue weighted by Crippen LogP contribution is -2.34. The molecule has 1 heterocycles. The molecule has 0 N–H and O–H groups in total. The first-order chi connectivity index (χ1) is 28.8. The van der Waals surface area contributed by atoms with Crippen LogP contribution in [0, 0.1) is 0 Å². The Hall–Kier alpha value is -0.850. The highest BCUT2D eigenvalue weighted by molar-refractivity contribution is 5.21. The van der Waals surface area contributed by atoms with E-state index in [0.29, 0.717) is 0 Å². The molecule has 0 bridgehead atoms. The molecule has 0 fully saturated rings. The Labute approximate surface area is 368 Å². The van der Waals surface area contributed by atoms with Gasteiger partial charge in [0.15, 0.2) is 12.4 Å². The van der Waals surface area contributed by atoms with Crippen LogP contribution >= 0.6 is 0 Å². The van der Waals surface area contributed by atoms with Crippen LogP contribution in [0.15, 0.2) is 18.5 Å². The number of hydrogen-bond donors (Lipinski definition) is 0. The monoisotopic (exact) mass is 809 g/mol. The molecule has 0 aliphatic carbocycles. The zero-order valence-electron chi connectivity index (χ0n) is 40.8. The van der Waals surface area contributed by atoms with Gasteiger partial charge in [-0.05, 0) is 37.7 Å². The van der Waals surface area contributed by atoms with E-state index in [9.17, 15) is 0 Å². The molecule has 0 spiro atoms. The maximum atomic E-state index is 2.58. The van der Waals surface area contributed by atoms with Crippen LogP contribution in [-0.2, 0) is 19.4 Å². The van der Waals surface area contributed by atoms with E-state index < -0.39 is 0 Å². The van der Waals surface area contributed by atoms with Crippen LogP contribution in [0.2, 0.25) is 0 Å². The first-order valence-electron chi connectivity index (χ1n) is 27.8. The van der Waals surface area contributed by atoms with Gasteiger partial charge in [0, 0.05) is 18.1 Å². The standard InChI is InChI=1S/C57H110N/c1-4-7-10-13-16-19-22-25-28-30-32-35-38-41-44-47-50-56-52-54-58(53-49-46-43-40-37-34-27-24-21-18-15-12-9-6-3)55-57(56)51-48-45-42-39-36-33-31-29-26-23-20-17-14-11-8-5-2/h52,54-55H,4-51,53H2,1-3H3/q+1. The lowest BCUT2D eigenvalue weighted by Gasteiger charge is -2.10. The second-order valence-electron chi connectivity index (χ2n) is 19.4. The third-order valence-corrected chi connectivity index (χ3v) is 13.6. The summed E-state index contributed by atoms with van der Waals surface area (Å²) in [4.78, 5) is 0. The number of pyridine rings is 1. The van der Waals surface area contributed by atoms with E-state index in [0.717, 1.165) is 0 Å². The summed E-state index contributed by atoms with van der Waals surface area (Å²) in [6.45, 7) is 8.16. The van der Waals surface area contributed by atoms with Crippen molar-refractivity contribution in [3.05, 3.63) is 29.6 Å². The topological polar surface area (TPSA) is 3.88 Å². The maximum absolute atomic E-state index is 2.58. The lowest BCUT2D eigenvalue weighted by molar-refractivity contribution is -0.697. The minimum absolute atomic E-state index is 1.21. The van der Waals surface area contributed by atoms with Crippen LogP contribution in [0.4, 0.5) is 0 Å². The van der Waals surface area contributed by atoms with Crippen molar-refractivity contribution in [1.82, 2.24) is 0 Å². The first kappa shape index (κ1) is 55.2. The van der Waals surface area contributed by atoms with E-state index in [1.165, 1.54) is 315 Å². The summed E-state index contributed by atoms with van der Waals surface area (Å²) in [7, 11) is 0. The highest BCUT2D eigenvalue weighted by atomic mass is 14.9. The molecule has 1 aromatic rings. The van der Waals surface area contributed by atoms with Gasteiger partial charge in [-0.25, -0.2) is 4.57 Å². The average Bonchev–Trinajstić information content (AvgIpc) is 3.24. The van der Waals surface area contributed by atoms with Gasteiger partial charge >= 0.3 is 0 Å². The van der Waals surface area contributed by atoms with Crippen LogP contribution in [-0.4, -0.2) is 0 Å². The summed E-state index contributed by atoms with van der Waals surface area (Å²) in [5.74, 6) is 0. The van der Waals surface area contributed by atoms with Gasteiger partial charge in [-0.1, -0.05) is 290 Å². The van der Waals surface area contributed by atoms with Gasteiger partial charge in [0.1, 0.15) is 6.54 Å². The molecule has 0 aliphatic heterocycles. The molecule has 0 unspecified atom stereocenters. The number of nitrogens with zero attached hydrogens (tertiary/aromatic N) is 1. The number of hydrogen-bond acceptors (Lipinski definition) is 0. The average molecular weight is 810 g/mol. The van der Waals surface area contributed by atoms with E-state index in [-0.39, 0.29) is 0 Å². The third kappa shape index (κ3) is 39.3. The summed E-state index contributed by atoms with van der Waals surface area (Å²) in [5.41, 5.74) is 3.35. The maximum Gasteiger partial charge on any atom is 0.172 e. The molecular formula is C57H110N+. The summed E-state index contributed by atoms with van der Waals surface area (Å²) >= 11 is 0. The molecule has 0 atom stereocenters. The van der Waals surface area contributed by atoms with E-state index in [1.807, 2.05) is 0 Å². The van der Waals surface area contributed by atoms with Crippen LogP contribution in [0.5, 0.6) is 0 Å². The normalized spacial score (nSPS) is 11.6. The SMILES string of the molecule is CCCCCCCCCCCCCCCCCCc1cc[n+](CCCCCCCCCCCCCCCC)cc1CCCCCCCCCCCCCCCCCC. The number of rotatable bonds is 49. The molecule has 342 valence electrons. The van der Waals surface area contributed by atoms with Crippen molar-refractivity contribution in [3.8, 4) is 0 Å². The third-order valence-electron chi connectivity index (χ3n) is 13.6. The minimum atomic E-state index is 1.21. The fourth-order valence-corrected chi connectivity index (χ4v) is 9.44. The molecule has 1 heteroatoms. The van der Waals surface area contributed by atoms with E-state index in [2.05, 4.69) is 43.8 Å². The predicted octanol–water partition coefficient (Wildman–Crippen LogP) is 20.1. The Morgan fingerprint density at radius 2 is 0.483 bits per heavy atom. The van der Waals surface area contributed by atoms with Gasteiger partial charge < -0.3 is 0 Å². The smallest absolute Gasteiger partial charge is 0.172 e. The largest absolute Gasteiger partial charge is 0.205 e. The molecule has 1 nitrogen and oxygen atoms in total. The van der Waals surface area contributed by atoms with Crippen molar-refractivity contribution in [2.24, 2.45) is 0 Å². The number of aryl methyl sites for hydroxylation is 3. The van der Waals surface area contributed by atoms with Crippen molar-refractivity contribution in [2.45, 2.75) is 336 Å². The molecule has 1 rings (SSSR count). The fraction of sp³-hybridized carbons (Fsp3) is 0.912. The zero-order chi connectivity index (χ0) is 41.5. The Morgan fingerprint density at radius 3 is 0.759 bits per heavy atom. The molecule has 58 heavy (non-hydrogen) atoms. The first-order valence-corrected chi connectivity index (χ1v) is 27.8. The molecule has 0 aromatic carbocycles. The van der Waals surface area contributed by atoms with Gasteiger partial charge in [0.05, 0.1) is 0 Å². The van der Waals surface area contributed by atoms with Crippen molar-refractivity contribution in [1.29, 1.82) is 0 Å². The Kier molecular flexibility index (Phi) is 44.9. The van der Waals surface area contributed by atoms with Gasteiger partial charge in [-0.2, -0.15) is 0 Å². The lowest BCUT2D eigenvalue weighted by atomic mass is 9.97. The zero-order valence-corrected chi connectivity index (χ0v) is 40.8. The van der Waals surface area contributed by atoms with Crippen molar-refractivity contribution < 1.29 is 4.57 Å². The fourth-order valence-electron chi connectivity index (χ4n) is 9.44. The summed E-state index contributed by atoms with van der Waals surface area (Å²) in [6, 6.07) is 2.52. The highest BCUT2D eigenvalue weighted by Gasteiger charge is 2.10. The van der Waals surface area contributed by atoms with Crippen LogP contribution in [0.25, 0.3) is 0 Å². The molecule has 0 radical (unpaired) electrons. The molecule has 0 saturated heterocycles. The van der Waals surface area contributed by atoms with Gasteiger partial charge in [0.2, 0.25) is 0 Å². The van der Waals surface area contributed by atoms with E-state index in [1.54, 1.807) is 11.1 Å². The van der Waals surface area contributed by atoms with Crippen LogP contribution in [0.3, 0.4) is 0 Å². The molecule has 1 aromatic heterocycles. The summed E-state index contributed by atoms with van der Waals surface area (Å²) < 4.78 is 2.55. The Balaban J connectivity index is 2.27. The minimum Gasteiger partial charge on any atom is -0.205 e. The Morgan fingerprint density at radius 1 is 0.259 bits per heavy atom. The number of aromatic nitrogens is 1. The van der Waals surface area contributed by atoms with Gasteiger partial charge in [-0.3, -0.25) is 0 Å². The second-order valence-corrected chi connectivity index (χ2v) is 19.4. The molecule has 0 aliphatic rings. The van der Waals surface area contributed by atoms with Crippen molar-refractivity contribution >= 4 is 0 Å². The van der Waals surface area contributed by atoms with Crippen molar-refractivity contribution in [3.63, 3.8) is 0 Å². The van der Waals surface area contributed by atoms with E-state index in [4.69, 9.17) is 0 Å². The van der Waals surface area contributed by atoms with Crippen LogP contribution in [0.1, 0.15) is 327 Å². The highest BCUT2D eigenvalue weighted by Crippen LogP contribution is 2.19. The van der Waals surface area contributed by atoms with Crippen LogP contribution < -0.4 is 4.57 Å². The predicted molar refractivity (Wildman–Crippen MR) is 263 cm³/mol. The molecule has 0 saturated carbocycles. The number of unbranched alkanes of at least 4 members (excludes halogenated alkanes) is 43. The Bertz CT molecular complexity index is 905. The van der Waals surface area contributed by atoms with Crippen molar-refractivity contribution in [2.75, 3.05) is 0 Å².